The van der Waals surface area contributed by atoms with E-state index in [2.05, 4.69) is 5.32 Å². The van der Waals surface area contributed by atoms with Crippen LogP contribution >= 0.6 is 0 Å². The van der Waals surface area contributed by atoms with Crippen molar-refractivity contribution in [1.29, 1.82) is 0 Å². The lowest BCUT2D eigenvalue weighted by atomic mass is 10.4. The summed E-state index contributed by atoms with van der Waals surface area (Å²) in [5.74, 6) is -0.538. The standard InChI is InChI=1S/C8H10N2O2/c11-7-5-6(8(12)9-7)10-3-1-2-4-10/h5H,1-4H2,(H,9,11,12). The van der Waals surface area contributed by atoms with Crippen LogP contribution in [0.2, 0.25) is 0 Å². The van der Waals surface area contributed by atoms with Gasteiger partial charge in [0.1, 0.15) is 5.70 Å². The number of likely N-dealkylation sites (tertiary alicyclic amines) is 1. The number of hydrogen-bond acceptors (Lipinski definition) is 3. The Morgan fingerprint density at radius 2 is 1.92 bits per heavy atom. The summed E-state index contributed by atoms with van der Waals surface area (Å²) in [6, 6.07) is 0. The van der Waals surface area contributed by atoms with Gasteiger partial charge in [-0.05, 0) is 12.8 Å². The summed E-state index contributed by atoms with van der Waals surface area (Å²) in [6.45, 7) is 1.79. The van der Waals surface area contributed by atoms with E-state index in [0.717, 1.165) is 25.9 Å². The lowest BCUT2D eigenvalue weighted by Gasteiger charge is -2.15. The van der Waals surface area contributed by atoms with E-state index >= 15 is 0 Å². The number of hydrogen-bond donors (Lipinski definition) is 1. The van der Waals surface area contributed by atoms with Crippen LogP contribution in [0.4, 0.5) is 0 Å². The molecule has 0 atom stereocenters. The minimum atomic E-state index is -0.290. The van der Waals surface area contributed by atoms with E-state index in [1.807, 2.05) is 4.90 Å². The highest BCUT2D eigenvalue weighted by atomic mass is 16.2. The van der Waals surface area contributed by atoms with Crippen LogP contribution in [-0.4, -0.2) is 29.8 Å². The molecule has 2 amide bonds. The van der Waals surface area contributed by atoms with E-state index in [0.29, 0.717) is 5.70 Å². The van der Waals surface area contributed by atoms with Crippen molar-refractivity contribution >= 4 is 11.8 Å². The number of carbonyl (C=O) groups excluding carboxylic acids is 2. The van der Waals surface area contributed by atoms with E-state index in [-0.39, 0.29) is 11.8 Å². The van der Waals surface area contributed by atoms with Crippen molar-refractivity contribution in [3.8, 4) is 0 Å². The maximum Gasteiger partial charge on any atom is 0.274 e. The van der Waals surface area contributed by atoms with Crippen LogP contribution in [0, 0.1) is 0 Å². The molecular weight excluding hydrogens is 156 g/mol. The average molecular weight is 166 g/mol. The Hall–Kier alpha value is -1.32. The molecule has 0 aliphatic carbocycles. The van der Waals surface area contributed by atoms with Crippen LogP contribution in [0.15, 0.2) is 11.8 Å². The van der Waals surface area contributed by atoms with Gasteiger partial charge in [0.2, 0.25) is 0 Å². The third kappa shape index (κ3) is 1.09. The van der Waals surface area contributed by atoms with Crippen molar-refractivity contribution in [2.75, 3.05) is 13.1 Å². The Labute approximate surface area is 70.2 Å². The molecule has 1 fully saturated rings. The van der Waals surface area contributed by atoms with Crippen molar-refractivity contribution < 1.29 is 9.59 Å². The van der Waals surface area contributed by atoms with E-state index in [1.54, 1.807) is 0 Å². The second kappa shape index (κ2) is 2.62. The molecule has 0 unspecified atom stereocenters. The highest BCUT2D eigenvalue weighted by Crippen LogP contribution is 2.16. The summed E-state index contributed by atoms with van der Waals surface area (Å²) in [6.07, 6.45) is 3.60. The zero-order chi connectivity index (χ0) is 8.55. The number of carbonyl (C=O) groups is 2. The van der Waals surface area contributed by atoms with Crippen molar-refractivity contribution in [3.63, 3.8) is 0 Å². The Balaban J connectivity index is 2.16. The fourth-order valence-corrected chi connectivity index (χ4v) is 1.59. The summed E-state index contributed by atoms with van der Waals surface area (Å²) >= 11 is 0. The number of amides is 2. The lowest BCUT2D eigenvalue weighted by Crippen LogP contribution is -2.29. The van der Waals surface area contributed by atoms with Crippen LogP contribution in [0.5, 0.6) is 0 Å². The van der Waals surface area contributed by atoms with E-state index in [4.69, 9.17) is 0 Å². The minimum absolute atomic E-state index is 0.248. The normalized spacial score (nSPS) is 23.0. The first-order valence-corrected chi connectivity index (χ1v) is 4.09. The number of nitrogens with zero attached hydrogens (tertiary/aromatic N) is 1. The maximum absolute atomic E-state index is 11.1. The summed E-state index contributed by atoms with van der Waals surface area (Å²) in [7, 11) is 0. The van der Waals surface area contributed by atoms with Crippen LogP contribution in [0.3, 0.4) is 0 Å². The molecule has 0 bridgehead atoms. The molecule has 1 saturated heterocycles. The van der Waals surface area contributed by atoms with Gasteiger partial charge in [-0.15, -0.1) is 0 Å². The smallest absolute Gasteiger partial charge is 0.274 e. The molecule has 2 aliphatic rings. The molecule has 0 spiro atoms. The van der Waals surface area contributed by atoms with Gasteiger partial charge in [0.25, 0.3) is 11.8 Å². The molecule has 0 radical (unpaired) electrons. The molecule has 0 aromatic heterocycles. The fourth-order valence-electron chi connectivity index (χ4n) is 1.59. The number of imide groups is 1. The Morgan fingerprint density at radius 1 is 1.25 bits per heavy atom. The summed E-state index contributed by atoms with van der Waals surface area (Å²) in [4.78, 5) is 23.9. The number of rotatable bonds is 1. The molecule has 4 nitrogen and oxygen atoms in total. The number of nitrogens with one attached hydrogen (secondary N) is 1. The Morgan fingerprint density at radius 3 is 2.42 bits per heavy atom. The van der Waals surface area contributed by atoms with E-state index in [9.17, 15) is 9.59 Å². The van der Waals surface area contributed by atoms with Gasteiger partial charge in [-0.1, -0.05) is 0 Å². The van der Waals surface area contributed by atoms with Crippen LogP contribution < -0.4 is 5.32 Å². The topological polar surface area (TPSA) is 49.4 Å². The predicted molar refractivity (Wildman–Crippen MR) is 42.0 cm³/mol. The van der Waals surface area contributed by atoms with Crippen LogP contribution in [0.25, 0.3) is 0 Å². The van der Waals surface area contributed by atoms with Crippen molar-refractivity contribution in [1.82, 2.24) is 10.2 Å². The first kappa shape index (κ1) is 7.34. The molecule has 1 N–H and O–H groups in total. The van der Waals surface area contributed by atoms with Crippen LogP contribution in [0.1, 0.15) is 12.8 Å². The molecule has 2 rings (SSSR count). The summed E-state index contributed by atoms with van der Waals surface area (Å²) in [5.41, 5.74) is 0.539. The average Bonchev–Trinajstić information content (AvgIpc) is 2.58. The van der Waals surface area contributed by atoms with Gasteiger partial charge in [-0.25, -0.2) is 0 Å². The summed E-state index contributed by atoms with van der Waals surface area (Å²) in [5, 5.41) is 2.23. The van der Waals surface area contributed by atoms with E-state index in [1.165, 1.54) is 6.08 Å². The van der Waals surface area contributed by atoms with Gasteiger partial charge in [-0.3, -0.25) is 14.9 Å². The molecule has 0 aromatic carbocycles. The van der Waals surface area contributed by atoms with Gasteiger partial charge in [-0.2, -0.15) is 0 Å². The molecule has 0 aromatic rings. The summed E-state index contributed by atoms with van der Waals surface area (Å²) < 4.78 is 0. The maximum atomic E-state index is 11.1. The zero-order valence-corrected chi connectivity index (χ0v) is 6.67. The Bertz CT molecular complexity index is 264. The first-order valence-electron chi connectivity index (χ1n) is 4.09. The van der Waals surface area contributed by atoms with Crippen molar-refractivity contribution in [3.05, 3.63) is 11.8 Å². The van der Waals surface area contributed by atoms with E-state index < -0.39 is 0 Å². The highest BCUT2D eigenvalue weighted by Gasteiger charge is 2.27. The highest BCUT2D eigenvalue weighted by molar-refractivity contribution is 6.15. The van der Waals surface area contributed by atoms with Gasteiger partial charge < -0.3 is 4.90 Å². The molecule has 2 heterocycles. The zero-order valence-electron chi connectivity index (χ0n) is 6.67. The predicted octanol–water partition coefficient (Wildman–Crippen LogP) is -0.378. The minimum Gasteiger partial charge on any atom is -0.367 e. The Kier molecular flexibility index (Phi) is 1.60. The second-order valence-corrected chi connectivity index (χ2v) is 3.04. The quantitative estimate of drug-likeness (QED) is 0.540. The SMILES string of the molecule is O=C1C=C(N2CCCC2)C(=O)N1. The van der Waals surface area contributed by atoms with Gasteiger partial charge >= 0.3 is 0 Å². The van der Waals surface area contributed by atoms with Crippen LogP contribution in [-0.2, 0) is 9.59 Å². The monoisotopic (exact) mass is 166 g/mol. The fraction of sp³-hybridized carbons (Fsp3) is 0.500. The molecular formula is C8H10N2O2. The van der Waals surface area contributed by atoms with Gasteiger partial charge in [0.15, 0.2) is 0 Å². The van der Waals surface area contributed by atoms with Crippen molar-refractivity contribution in [2.24, 2.45) is 0 Å². The molecule has 0 saturated carbocycles. The third-order valence-corrected chi connectivity index (χ3v) is 2.18. The van der Waals surface area contributed by atoms with Crippen molar-refractivity contribution in [2.45, 2.75) is 12.8 Å². The largest absolute Gasteiger partial charge is 0.367 e. The molecule has 2 aliphatic heterocycles. The van der Waals surface area contributed by atoms with Gasteiger partial charge in [0, 0.05) is 19.2 Å². The van der Waals surface area contributed by atoms with Gasteiger partial charge in [0.05, 0.1) is 0 Å². The lowest BCUT2D eigenvalue weighted by molar-refractivity contribution is -0.124. The third-order valence-electron chi connectivity index (χ3n) is 2.18. The second-order valence-electron chi connectivity index (χ2n) is 3.04. The first-order chi connectivity index (χ1) is 5.77. The molecule has 4 heteroatoms. The molecule has 12 heavy (non-hydrogen) atoms. The molecule has 64 valence electrons.